The molecule has 104 valence electrons. The standard InChI is InChI=1S/C17H13ClN2O/c1-12-2-4-13(5-3-12)6-11-16-19-20-17(21-16)14-7-9-15(18)10-8-14/h2-11H,1H3/b11-6-. The van der Waals surface area contributed by atoms with Gasteiger partial charge in [0.15, 0.2) is 0 Å². The van der Waals surface area contributed by atoms with Gasteiger partial charge in [0.25, 0.3) is 0 Å². The van der Waals surface area contributed by atoms with Gasteiger partial charge in [-0.15, -0.1) is 10.2 Å². The van der Waals surface area contributed by atoms with Crippen LogP contribution in [-0.4, -0.2) is 10.2 Å². The molecule has 0 spiro atoms. The van der Waals surface area contributed by atoms with Crippen molar-refractivity contribution in [3.8, 4) is 11.5 Å². The number of hydrogen-bond donors (Lipinski definition) is 0. The summed E-state index contributed by atoms with van der Waals surface area (Å²) in [5.41, 5.74) is 3.17. The van der Waals surface area contributed by atoms with Crippen LogP contribution in [0, 0.1) is 6.92 Å². The van der Waals surface area contributed by atoms with Gasteiger partial charge < -0.3 is 4.42 Å². The molecule has 3 nitrogen and oxygen atoms in total. The van der Waals surface area contributed by atoms with Crippen LogP contribution in [-0.2, 0) is 0 Å². The van der Waals surface area contributed by atoms with Crippen molar-refractivity contribution in [3.05, 3.63) is 70.6 Å². The molecule has 0 aliphatic rings. The van der Waals surface area contributed by atoms with Gasteiger partial charge in [0, 0.05) is 16.7 Å². The number of aromatic nitrogens is 2. The molecule has 1 aromatic heterocycles. The van der Waals surface area contributed by atoms with Gasteiger partial charge >= 0.3 is 0 Å². The van der Waals surface area contributed by atoms with Crippen LogP contribution in [0.3, 0.4) is 0 Å². The minimum atomic E-state index is 0.473. The molecular weight excluding hydrogens is 284 g/mol. The highest BCUT2D eigenvalue weighted by molar-refractivity contribution is 6.30. The van der Waals surface area contributed by atoms with Crippen LogP contribution in [0.2, 0.25) is 5.02 Å². The molecule has 0 saturated heterocycles. The summed E-state index contributed by atoms with van der Waals surface area (Å²) < 4.78 is 5.60. The van der Waals surface area contributed by atoms with Crippen molar-refractivity contribution in [2.75, 3.05) is 0 Å². The summed E-state index contributed by atoms with van der Waals surface area (Å²) in [4.78, 5) is 0. The lowest BCUT2D eigenvalue weighted by Gasteiger charge is -1.94. The van der Waals surface area contributed by atoms with Crippen LogP contribution in [0.5, 0.6) is 0 Å². The van der Waals surface area contributed by atoms with Crippen molar-refractivity contribution < 1.29 is 4.42 Å². The molecule has 0 fully saturated rings. The van der Waals surface area contributed by atoms with E-state index in [0.717, 1.165) is 11.1 Å². The average Bonchev–Trinajstić information content (AvgIpc) is 2.96. The lowest BCUT2D eigenvalue weighted by Crippen LogP contribution is -1.76. The predicted molar refractivity (Wildman–Crippen MR) is 84.9 cm³/mol. The maximum absolute atomic E-state index is 5.86. The van der Waals surface area contributed by atoms with E-state index in [0.29, 0.717) is 16.8 Å². The normalized spacial score (nSPS) is 11.1. The number of benzene rings is 2. The number of halogens is 1. The Morgan fingerprint density at radius 1 is 0.905 bits per heavy atom. The Labute approximate surface area is 127 Å². The summed E-state index contributed by atoms with van der Waals surface area (Å²) in [5, 5.41) is 8.72. The molecule has 2 aromatic carbocycles. The quantitative estimate of drug-likeness (QED) is 0.692. The largest absolute Gasteiger partial charge is 0.417 e. The molecule has 0 radical (unpaired) electrons. The van der Waals surface area contributed by atoms with Crippen LogP contribution in [0.25, 0.3) is 23.6 Å². The van der Waals surface area contributed by atoms with Crippen molar-refractivity contribution in [1.82, 2.24) is 10.2 Å². The highest BCUT2D eigenvalue weighted by atomic mass is 35.5. The number of rotatable bonds is 3. The van der Waals surface area contributed by atoms with E-state index >= 15 is 0 Å². The summed E-state index contributed by atoms with van der Waals surface area (Å²) in [7, 11) is 0. The zero-order valence-corrected chi connectivity index (χ0v) is 12.2. The Kier molecular flexibility index (Phi) is 3.84. The Morgan fingerprint density at radius 2 is 1.62 bits per heavy atom. The van der Waals surface area contributed by atoms with Gasteiger partial charge in [-0.05, 0) is 42.8 Å². The van der Waals surface area contributed by atoms with Crippen LogP contribution in [0.15, 0.2) is 52.9 Å². The molecule has 0 amide bonds. The molecule has 1 heterocycles. The van der Waals surface area contributed by atoms with Gasteiger partial charge in [0.1, 0.15) is 0 Å². The highest BCUT2D eigenvalue weighted by Gasteiger charge is 2.06. The highest BCUT2D eigenvalue weighted by Crippen LogP contribution is 2.20. The Bertz CT molecular complexity index is 758. The first kappa shape index (κ1) is 13.6. The zero-order valence-electron chi connectivity index (χ0n) is 11.5. The minimum Gasteiger partial charge on any atom is -0.417 e. The maximum Gasteiger partial charge on any atom is 0.248 e. The van der Waals surface area contributed by atoms with Crippen LogP contribution < -0.4 is 0 Å². The minimum absolute atomic E-state index is 0.473. The van der Waals surface area contributed by atoms with Crippen LogP contribution in [0.1, 0.15) is 17.0 Å². The Balaban J connectivity index is 1.78. The SMILES string of the molecule is Cc1ccc(/C=C\c2nnc(-c3ccc(Cl)cc3)o2)cc1. The van der Waals surface area contributed by atoms with E-state index in [1.807, 2.05) is 30.3 Å². The van der Waals surface area contributed by atoms with E-state index in [-0.39, 0.29) is 0 Å². The fraction of sp³-hybridized carbons (Fsp3) is 0.0588. The number of aryl methyl sites for hydroxylation is 1. The fourth-order valence-corrected chi connectivity index (χ4v) is 1.98. The smallest absolute Gasteiger partial charge is 0.248 e. The van der Waals surface area contributed by atoms with E-state index < -0.39 is 0 Å². The van der Waals surface area contributed by atoms with Crippen molar-refractivity contribution in [2.45, 2.75) is 6.92 Å². The molecule has 0 aliphatic carbocycles. The Morgan fingerprint density at radius 3 is 2.33 bits per heavy atom. The first-order valence-electron chi connectivity index (χ1n) is 6.55. The second-order valence-corrected chi connectivity index (χ2v) is 5.13. The van der Waals surface area contributed by atoms with Gasteiger partial charge in [-0.1, -0.05) is 41.4 Å². The van der Waals surface area contributed by atoms with Crippen molar-refractivity contribution >= 4 is 23.8 Å². The molecule has 0 atom stereocenters. The molecule has 3 rings (SSSR count). The first-order valence-corrected chi connectivity index (χ1v) is 6.93. The van der Waals surface area contributed by atoms with Gasteiger partial charge in [-0.2, -0.15) is 0 Å². The van der Waals surface area contributed by atoms with E-state index in [2.05, 4.69) is 29.3 Å². The zero-order chi connectivity index (χ0) is 14.7. The number of hydrogen-bond acceptors (Lipinski definition) is 3. The van der Waals surface area contributed by atoms with Crippen LogP contribution in [0.4, 0.5) is 0 Å². The summed E-state index contributed by atoms with van der Waals surface area (Å²) in [6.45, 7) is 2.06. The molecule has 0 N–H and O–H groups in total. The van der Waals surface area contributed by atoms with E-state index in [1.54, 1.807) is 18.2 Å². The average molecular weight is 297 g/mol. The molecule has 3 aromatic rings. The lowest BCUT2D eigenvalue weighted by atomic mass is 10.1. The molecule has 0 unspecified atom stereocenters. The Hall–Kier alpha value is -2.39. The second-order valence-electron chi connectivity index (χ2n) is 4.70. The van der Waals surface area contributed by atoms with Crippen molar-refractivity contribution in [3.63, 3.8) is 0 Å². The molecule has 0 saturated carbocycles. The van der Waals surface area contributed by atoms with Gasteiger partial charge in [0.2, 0.25) is 11.8 Å². The van der Waals surface area contributed by atoms with E-state index in [1.165, 1.54) is 5.56 Å². The van der Waals surface area contributed by atoms with E-state index in [4.69, 9.17) is 16.0 Å². The summed E-state index contributed by atoms with van der Waals surface area (Å²) in [6, 6.07) is 15.5. The summed E-state index contributed by atoms with van der Waals surface area (Å²) >= 11 is 5.86. The second kappa shape index (κ2) is 5.94. The van der Waals surface area contributed by atoms with Gasteiger partial charge in [0.05, 0.1) is 0 Å². The van der Waals surface area contributed by atoms with Crippen molar-refractivity contribution in [1.29, 1.82) is 0 Å². The number of nitrogens with zero attached hydrogens (tertiary/aromatic N) is 2. The molecule has 0 bridgehead atoms. The topological polar surface area (TPSA) is 38.9 Å². The third-order valence-corrected chi connectivity index (χ3v) is 3.28. The maximum atomic E-state index is 5.86. The first-order chi connectivity index (χ1) is 10.2. The molecule has 21 heavy (non-hydrogen) atoms. The van der Waals surface area contributed by atoms with Gasteiger partial charge in [-0.25, -0.2) is 0 Å². The third kappa shape index (κ3) is 3.38. The molecule has 0 aliphatic heterocycles. The lowest BCUT2D eigenvalue weighted by molar-refractivity contribution is 0.558. The summed E-state index contributed by atoms with van der Waals surface area (Å²) in [6.07, 6.45) is 3.75. The van der Waals surface area contributed by atoms with Crippen molar-refractivity contribution in [2.24, 2.45) is 0 Å². The fourth-order valence-electron chi connectivity index (χ4n) is 1.86. The molecule has 4 heteroatoms. The molecular formula is C17H13ClN2O. The monoisotopic (exact) mass is 296 g/mol. The van der Waals surface area contributed by atoms with Crippen LogP contribution >= 0.6 is 11.6 Å². The van der Waals surface area contributed by atoms with E-state index in [9.17, 15) is 0 Å². The summed E-state index contributed by atoms with van der Waals surface area (Å²) in [5.74, 6) is 0.954. The third-order valence-electron chi connectivity index (χ3n) is 3.03. The van der Waals surface area contributed by atoms with Gasteiger partial charge in [-0.3, -0.25) is 0 Å². The predicted octanol–water partition coefficient (Wildman–Crippen LogP) is 4.87.